The maximum absolute atomic E-state index is 12.0. The number of hydrogen-bond acceptors (Lipinski definition) is 2. The van der Waals surface area contributed by atoms with Gasteiger partial charge in [0.1, 0.15) is 0 Å². The number of pyridine rings is 1. The van der Waals surface area contributed by atoms with Crippen LogP contribution in [-0.2, 0) is 4.79 Å². The molecule has 3 nitrogen and oxygen atoms in total. The normalized spacial score (nSPS) is 16.8. The van der Waals surface area contributed by atoms with Crippen molar-refractivity contribution >= 4 is 39.1 Å². The van der Waals surface area contributed by atoms with Gasteiger partial charge in [-0.05, 0) is 34.8 Å². The molecule has 1 amide bonds. The summed E-state index contributed by atoms with van der Waals surface area (Å²) in [5, 5.41) is 3.19. The maximum Gasteiger partial charge on any atom is 0.227 e. The van der Waals surface area contributed by atoms with Gasteiger partial charge in [-0.2, -0.15) is 0 Å². The van der Waals surface area contributed by atoms with Crippen molar-refractivity contribution in [3.8, 4) is 0 Å². The summed E-state index contributed by atoms with van der Waals surface area (Å²) in [6.45, 7) is 0. The zero-order valence-electron chi connectivity index (χ0n) is 9.38. The Hall–Kier alpha value is -0.610. The Labute approximate surface area is 114 Å². The Balaban J connectivity index is 2.04. The number of amides is 1. The van der Waals surface area contributed by atoms with E-state index < -0.39 is 0 Å². The molecule has 1 heterocycles. The quantitative estimate of drug-likeness (QED) is 0.837. The van der Waals surface area contributed by atoms with E-state index >= 15 is 0 Å². The third-order valence-electron chi connectivity index (χ3n) is 3.04. The van der Waals surface area contributed by atoms with Crippen LogP contribution in [0.5, 0.6) is 0 Å². The molecular formula is C12H14BrClN2O. The van der Waals surface area contributed by atoms with Crippen molar-refractivity contribution in [2.45, 2.75) is 32.1 Å². The molecule has 1 saturated carbocycles. The molecule has 1 N–H and O–H groups in total. The van der Waals surface area contributed by atoms with Crippen LogP contribution in [0, 0.1) is 5.92 Å². The van der Waals surface area contributed by atoms with Crippen molar-refractivity contribution in [1.82, 2.24) is 4.98 Å². The summed E-state index contributed by atoms with van der Waals surface area (Å²) in [7, 11) is 0. The third kappa shape index (κ3) is 3.42. The van der Waals surface area contributed by atoms with Gasteiger partial charge in [0, 0.05) is 16.6 Å². The van der Waals surface area contributed by atoms with Crippen molar-refractivity contribution in [3.63, 3.8) is 0 Å². The topological polar surface area (TPSA) is 42.0 Å². The molecule has 1 aromatic rings. The van der Waals surface area contributed by atoms with E-state index in [4.69, 9.17) is 11.6 Å². The predicted molar refractivity (Wildman–Crippen MR) is 72.2 cm³/mol. The van der Waals surface area contributed by atoms with Crippen LogP contribution in [0.4, 0.5) is 5.69 Å². The fourth-order valence-electron chi connectivity index (χ4n) is 2.11. The minimum absolute atomic E-state index is 0.0616. The second-order valence-electron chi connectivity index (χ2n) is 4.32. The van der Waals surface area contributed by atoms with Gasteiger partial charge in [-0.15, -0.1) is 0 Å². The number of aromatic nitrogens is 1. The van der Waals surface area contributed by atoms with Gasteiger partial charge >= 0.3 is 0 Å². The molecule has 0 atom stereocenters. The van der Waals surface area contributed by atoms with E-state index in [0.717, 1.165) is 30.2 Å². The first-order valence-corrected chi connectivity index (χ1v) is 6.96. The Morgan fingerprint density at radius 2 is 2.12 bits per heavy atom. The van der Waals surface area contributed by atoms with Crippen molar-refractivity contribution in [3.05, 3.63) is 21.9 Å². The molecule has 0 radical (unpaired) electrons. The molecule has 92 valence electrons. The summed E-state index contributed by atoms with van der Waals surface area (Å²) >= 11 is 9.24. The Bertz CT molecular complexity index is 419. The fourth-order valence-corrected chi connectivity index (χ4v) is 2.59. The highest BCUT2D eigenvalue weighted by molar-refractivity contribution is 9.10. The van der Waals surface area contributed by atoms with Crippen molar-refractivity contribution in [2.24, 2.45) is 5.92 Å². The average Bonchev–Trinajstić information content (AvgIpc) is 2.35. The number of rotatable bonds is 2. The molecule has 0 spiro atoms. The van der Waals surface area contributed by atoms with E-state index in [-0.39, 0.29) is 11.8 Å². The van der Waals surface area contributed by atoms with Crippen LogP contribution in [0.2, 0.25) is 5.15 Å². The second-order valence-corrected chi connectivity index (χ2v) is 5.59. The van der Waals surface area contributed by atoms with Gasteiger partial charge in [0.25, 0.3) is 0 Å². The molecule has 0 unspecified atom stereocenters. The number of hydrogen-bond donors (Lipinski definition) is 1. The number of carbonyl (C=O) groups excluding carboxylic acids is 1. The van der Waals surface area contributed by atoms with Gasteiger partial charge in [0.05, 0.1) is 5.69 Å². The monoisotopic (exact) mass is 316 g/mol. The number of anilines is 1. The molecule has 1 aromatic heterocycles. The highest BCUT2D eigenvalue weighted by atomic mass is 79.9. The van der Waals surface area contributed by atoms with E-state index in [1.807, 2.05) is 0 Å². The third-order valence-corrected chi connectivity index (χ3v) is 3.77. The summed E-state index contributed by atoms with van der Waals surface area (Å²) in [4.78, 5) is 16.0. The molecule has 1 aliphatic rings. The molecular weight excluding hydrogens is 304 g/mol. The zero-order valence-corrected chi connectivity index (χ0v) is 11.7. The van der Waals surface area contributed by atoms with Crippen molar-refractivity contribution < 1.29 is 4.79 Å². The predicted octanol–water partition coefficient (Wildman–Crippen LogP) is 4.02. The molecule has 0 aromatic carbocycles. The molecule has 0 saturated heterocycles. The highest BCUT2D eigenvalue weighted by Gasteiger charge is 2.21. The van der Waals surface area contributed by atoms with E-state index in [2.05, 4.69) is 26.2 Å². The standard InChI is InChI=1S/C12H14BrClN2O/c13-9-6-10(11(14)15-7-9)16-12(17)8-4-2-1-3-5-8/h6-8H,1-5H2,(H,16,17). The first kappa shape index (κ1) is 12.8. The summed E-state index contributed by atoms with van der Waals surface area (Å²) in [6.07, 6.45) is 7.09. The van der Waals surface area contributed by atoms with Gasteiger partial charge in [0.2, 0.25) is 5.91 Å². The lowest BCUT2D eigenvalue weighted by molar-refractivity contribution is -0.120. The van der Waals surface area contributed by atoms with Crippen LogP contribution in [0.25, 0.3) is 0 Å². The number of nitrogens with one attached hydrogen (secondary N) is 1. The lowest BCUT2D eigenvalue weighted by Crippen LogP contribution is -2.24. The second kappa shape index (κ2) is 5.83. The van der Waals surface area contributed by atoms with Crippen LogP contribution in [-0.4, -0.2) is 10.9 Å². The van der Waals surface area contributed by atoms with Gasteiger partial charge in [-0.25, -0.2) is 4.98 Å². The average molecular weight is 318 g/mol. The van der Waals surface area contributed by atoms with Gasteiger partial charge in [0.15, 0.2) is 5.15 Å². The minimum atomic E-state index is 0.0616. The van der Waals surface area contributed by atoms with E-state index in [9.17, 15) is 4.79 Å². The highest BCUT2D eigenvalue weighted by Crippen LogP contribution is 2.27. The van der Waals surface area contributed by atoms with Gasteiger partial charge in [-0.1, -0.05) is 30.9 Å². The molecule has 2 rings (SSSR count). The number of nitrogens with zero attached hydrogens (tertiary/aromatic N) is 1. The molecule has 5 heteroatoms. The molecule has 17 heavy (non-hydrogen) atoms. The van der Waals surface area contributed by atoms with Gasteiger partial charge < -0.3 is 5.32 Å². The lowest BCUT2D eigenvalue weighted by atomic mass is 9.88. The lowest BCUT2D eigenvalue weighted by Gasteiger charge is -2.20. The van der Waals surface area contributed by atoms with E-state index in [1.165, 1.54) is 6.42 Å². The maximum atomic E-state index is 12.0. The van der Waals surface area contributed by atoms with E-state index in [1.54, 1.807) is 12.3 Å². The SMILES string of the molecule is O=C(Nc1cc(Br)cnc1Cl)C1CCCCC1. The number of halogens is 2. The summed E-state index contributed by atoms with van der Waals surface area (Å²) in [6, 6.07) is 1.77. The van der Waals surface area contributed by atoms with Crippen LogP contribution >= 0.6 is 27.5 Å². The first-order valence-electron chi connectivity index (χ1n) is 5.79. The van der Waals surface area contributed by atoms with Crippen LogP contribution in [0.15, 0.2) is 16.7 Å². The van der Waals surface area contributed by atoms with Crippen LogP contribution < -0.4 is 5.32 Å². The van der Waals surface area contributed by atoms with Crippen LogP contribution in [0.3, 0.4) is 0 Å². The fraction of sp³-hybridized carbons (Fsp3) is 0.500. The smallest absolute Gasteiger partial charge is 0.227 e. The molecule has 1 aliphatic carbocycles. The Kier molecular flexibility index (Phi) is 4.40. The zero-order chi connectivity index (χ0) is 12.3. The minimum Gasteiger partial charge on any atom is -0.323 e. The van der Waals surface area contributed by atoms with Crippen LogP contribution in [0.1, 0.15) is 32.1 Å². The largest absolute Gasteiger partial charge is 0.323 e. The van der Waals surface area contributed by atoms with E-state index in [0.29, 0.717) is 10.8 Å². The Morgan fingerprint density at radius 3 is 2.82 bits per heavy atom. The summed E-state index contributed by atoms with van der Waals surface area (Å²) in [5.74, 6) is 0.185. The molecule has 0 aliphatic heterocycles. The first-order chi connectivity index (χ1) is 8.16. The van der Waals surface area contributed by atoms with Gasteiger partial charge in [-0.3, -0.25) is 4.79 Å². The Morgan fingerprint density at radius 1 is 1.41 bits per heavy atom. The molecule has 0 bridgehead atoms. The van der Waals surface area contributed by atoms with Crippen molar-refractivity contribution in [1.29, 1.82) is 0 Å². The molecule has 1 fully saturated rings. The summed E-state index contributed by atoms with van der Waals surface area (Å²) in [5.41, 5.74) is 0.580. The summed E-state index contributed by atoms with van der Waals surface area (Å²) < 4.78 is 0.806. The van der Waals surface area contributed by atoms with Crippen molar-refractivity contribution in [2.75, 3.05) is 5.32 Å². The number of carbonyl (C=O) groups is 1.